The minimum absolute atomic E-state index is 0.00931. The Morgan fingerprint density at radius 2 is 1.69 bits per heavy atom. The number of carbonyl (C=O) groups is 3. The van der Waals surface area contributed by atoms with Crippen LogP contribution in [0.3, 0.4) is 0 Å². The highest BCUT2D eigenvalue weighted by Crippen LogP contribution is 2.40. The minimum atomic E-state index is -1.19. The van der Waals surface area contributed by atoms with Crippen LogP contribution in [-0.2, 0) is 9.59 Å². The Labute approximate surface area is 222 Å². The molecule has 1 aliphatic heterocycles. The molecule has 0 radical (unpaired) electrons. The normalized spacial score (nSPS) is 19.1. The van der Waals surface area contributed by atoms with Crippen molar-refractivity contribution in [3.63, 3.8) is 0 Å². The van der Waals surface area contributed by atoms with Crippen molar-refractivity contribution in [1.82, 2.24) is 10.2 Å². The fourth-order valence-corrected chi connectivity index (χ4v) is 5.12. The molecule has 3 aromatic carbocycles. The molecular formula is C28H25FIN3O3. The summed E-state index contributed by atoms with van der Waals surface area (Å²) < 4.78 is 15.2. The van der Waals surface area contributed by atoms with E-state index in [9.17, 15) is 18.8 Å². The van der Waals surface area contributed by atoms with Crippen molar-refractivity contribution in [2.45, 2.75) is 43.7 Å². The van der Waals surface area contributed by atoms with Gasteiger partial charge in [0.05, 0.1) is 5.69 Å². The fourth-order valence-electron chi connectivity index (χ4n) is 4.66. The van der Waals surface area contributed by atoms with Crippen molar-refractivity contribution < 1.29 is 18.8 Å². The number of hydrogen-bond donors (Lipinski definition) is 2. The zero-order valence-corrected chi connectivity index (χ0v) is 21.7. The first-order chi connectivity index (χ1) is 17.3. The summed E-state index contributed by atoms with van der Waals surface area (Å²) in [7, 11) is 0. The number of anilines is 1. The van der Waals surface area contributed by atoms with Crippen LogP contribution in [0.2, 0.25) is 0 Å². The molecule has 3 aromatic rings. The summed E-state index contributed by atoms with van der Waals surface area (Å²) in [5, 5.41) is 5.34. The van der Waals surface area contributed by atoms with Gasteiger partial charge in [-0.3, -0.25) is 9.59 Å². The second-order valence-corrected chi connectivity index (χ2v) is 10.5. The summed E-state index contributed by atoms with van der Waals surface area (Å²) in [5.41, 5.74) is 2.65. The van der Waals surface area contributed by atoms with Gasteiger partial charge in [0.15, 0.2) is 0 Å². The number of rotatable bonds is 7. The third-order valence-electron chi connectivity index (χ3n) is 6.82. The van der Waals surface area contributed by atoms with Crippen LogP contribution < -0.4 is 10.6 Å². The summed E-state index contributed by atoms with van der Waals surface area (Å²) in [5.74, 6) is -1.70. The van der Waals surface area contributed by atoms with Gasteiger partial charge in [-0.1, -0.05) is 61.5 Å². The monoisotopic (exact) mass is 597 g/mol. The van der Waals surface area contributed by atoms with Crippen LogP contribution in [0.1, 0.15) is 54.3 Å². The van der Waals surface area contributed by atoms with Crippen molar-refractivity contribution in [3.8, 4) is 0 Å². The quantitative estimate of drug-likeness (QED) is 0.271. The van der Waals surface area contributed by atoms with Crippen LogP contribution in [0, 0.1) is 9.39 Å². The molecular weight excluding hydrogens is 572 g/mol. The molecule has 6 nitrogen and oxygen atoms in total. The average molecular weight is 597 g/mol. The van der Waals surface area contributed by atoms with Crippen LogP contribution in [-0.4, -0.2) is 28.8 Å². The maximum absolute atomic E-state index is 14.5. The molecule has 4 amide bonds. The summed E-state index contributed by atoms with van der Waals surface area (Å²) >= 11 is 1.98. The average Bonchev–Trinajstić information content (AvgIpc) is 3.68. The number of benzene rings is 3. The molecule has 5 rings (SSSR count). The molecule has 0 unspecified atom stereocenters. The maximum atomic E-state index is 14.5. The van der Waals surface area contributed by atoms with E-state index in [4.69, 9.17) is 0 Å². The van der Waals surface area contributed by atoms with Crippen LogP contribution in [0.4, 0.5) is 14.9 Å². The Balaban J connectivity index is 1.46. The molecule has 0 aromatic heterocycles. The van der Waals surface area contributed by atoms with E-state index >= 15 is 0 Å². The van der Waals surface area contributed by atoms with Gasteiger partial charge >= 0.3 is 6.03 Å². The lowest BCUT2D eigenvalue weighted by Gasteiger charge is -2.30. The molecule has 0 bridgehead atoms. The third-order valence-corrected chi connectivity index (χ3v) is 7.50. The SMILES string of the molecule is C[C@@H](c1ccccc1)[C@@H](C(=O)Nc1ccc(I)cc1F)N1C(=O)N[C@@H](c2ccc(C3CC3)cc2)C1=O. The molecule has 8 heteroatoms. The van der Waals surface area contributed by atoms with Crippen LogP contribution in [0.15, 0.2) is 72.8 Å². The lowest BCUT2D eigenvalue weighted by Crippen LogP contribution is -2.50. The molecule has 1 saturated heterocycles. The van der Waals surface area contributed by atoms with E-state index in [0.29, 0.717) is 15.1 Å². The highest BCUT2D eigenvalue weighted by Gasteiger charge is 2.47. The standard InChI is InChI=1S/C28H25FIN3O3/c1-16(17-5-3-2-4-6-17)25(26(34)31-23-14-13-21(30)15-22(23)29)33-27(35)24(32-28(33)36)20-11-9-19(10-12-20)18-7-8-18/h2-6,9-16,18,24-25H,7-8H2,1H3,(H,31,34)(H,32,36)/t16-,24-,25-/m0/s1. The smallest absolute Gasteiger partial charge is 0.322 e. The Bertz CT molecular complexity index is 1310. The highest BCUT2D eigenvalue weighted by molar-refractivity contribution is 14.1. The predicted molar refractivity (Wildman–Crippen MR) is 143 cm³/mol. The summed E-state index contributed by atoms with van der Waals surface area (Å²) in [4.78, 5) is 41.3. The second kappa shape index (κ2) is 10.0. The summed E-state index contributed by atoms with van der Waals surface area (Å²) in [6.45, 7) is 1.78. The molecule has 36 heavy (non-hydrogen) atoms. The van der Waals surface area contributed by atoms with Gasteiger partial charge in [0.25, 0.3) is 5.91 Å². The van der Waals surface area contributed by atoms with E-state index in [-0.39, 0.29) is 5.69 Å². The van der Waals surface area contributed by atoms with E-state index in [1.54, 1.807) is 13.0 Å². The summed E-state index contributed by atoms with van der Waals surface area (Å²) in [6, 6.07) is 18.6. The first-order valence-electron chi connectivity index (χ1n) is 11.9. The lowest BCUT2D eigenvalue weighted by atomic mass is 9.91. The largest absolute Gasteiger partial charge is 0.325 e. The van der Waals surface area contributed by atoms with E-state index in [1.807, 2.05) is 77.2 Å². The van der Waals surface area contributed by atoms with Gasteiger partial charge in [-0.15, -0.1) is 0 Å². The topological polar surface area (TPSA) is 78.5 Å². The van der Waals surface area contributed by atoms with Crippen molar-refractivity contribution in [2.75, 3.05) is 5.32 Å². The highest BCUT2D eigenvalue weighted by atomic mass is 127. The van der Waals surface area contributed by atoms with E-state index in [0.717, 1.165) is 10.5 Å². The van der Waals surface area contributed by atoms with Gasteiger partial charge < -0.3 is 10.6 Å². The number of halogens is 2. The van der Waals surface area contributed by atoms with Crippen molar-refractivity contribution >= 4 is 46.1 Å². The van der Waals surface area contributed by atoms with Gasteiger partial charge in [0, 0.05) is 9.49 Å². The fraction of sp³-hybridized carbons (Fsp3) is 0.250. The maximum Gasteiger partial charge on any atom is 0.325 e. The molecule has 0 spiro atoms. The zero-order valence-electron chi connectivity index (χ0n) is 19.6. The number of urea groups is 1. The number of nitrogens with zero attached hydrogens (tertiary/aromatic N) is 1. The second-order valence-electron chi connectivity index (χ2n) is 9.29. The Morgan fingerprint density at radius 1 is 1.03 bits per heavy atom. The minimum Gasteiger partial charge on any atom is -0.322 e. The molecule has 2 N–H and O–H groups in total. The number of hydrogen-bond acceptors (Lipinski definition) is 3. The Hall–Kier alpha value is -3.27. The zero-order chi connectivity index (χ0) is 25.4. The third kappa shape index (κ3) is 4.86. The van der Waals surface area contributed by atoms with Gasteiger partial charge in [0.2, 0.25) is 5.91 Å². The molecule has 2 aliphatic rings. The van der Waals surface area contributed by atoms with Crippen LogP contribution >= 0.6 is 22.6 Å². The van der Waals surface area contributed by atoms with Crippen molar-refractivity contribution in [3.05, 3.63) is 98.9 Å². The molecule has 1 aliphatic carbocycles. The number of nitrogens with one attached hydrogen (secondary N) is 2. The summed E-state index contributed by atoms with van der Waals surface area (Å²) in [6.07, 6.45) is 2.34. The first kappa shape index (κ1) is 24.4. The number of imide groups is 1. The van der Waals surface area contributed by atoms with Crippen LogP contribution in [0.5, 0.6) is 0 Å². The number of amides is 4. The van der Waals surface area contributed by atoms with E-state index in [1.165, 1.54) is 30.5 Å². The first-order valence-corrected chi connectivity index (χ1v) is 13.0. The van der Waals surface area contributed by atoms with Crippen LogP contribution in [0.25, 0.3) is 0 Å². The molecule has 2 fully saturated rings. The van der Waals surface area contributed by atoms with E-state index in [2.05, 4.69) is 10.6 Å². The molecule has 3 atom stereocenters. The molecule has 1 heterocycles. The molecule has 184 valence electrons. The lowest BCUT2D eigenvalue weighted by molar-refractivity contribution is -0.134. The predicted octanol–water partition coefficient (Wildman–Crippen LogP) is 5.71. The number of carbonyl (C=O) groups excluding carboxylic acids is 3. The Morgan fingerprint density at radius 3 is 2.33 bits per heavy atom. The molecule has 1 saturated carbocycles. The van der Waals surface area contributed by atoms with Gasteiger partial charge in [-0.25, -0.2) is 14.1 Å². The Kier molecular flexibility index (Phi) is 6.79. The van der Waals surface area contributed by atoms with Crippen molar-refractivity contribution in [2.24, 2.45) is 0 Å². The van der Waals surface area contributed by atoms with Gasteiger partial charge in [0.1, 0.15) is 17.9 Å². The van der Waals surface area contributed by atoms with Gasteiger partial charge in [-0.2, -0.15) is 0 Å². The van der Waals surface area contributed by atoms with Crippen molar-refractivity contribution in [1.29, 1.82) is 0 Å². The van der Waals surface area contributed by atoms with Gasteiger partial charge in [-0.05, 0) is 76.2 Å². The van der Waals surface area contributed by atoms with E-state index < -0.39 is 41.7 Å².